The third-order valence-electron chi connectivity index (χ3n) is 2.22. The van der Waals surface area contributed by atoms with Crippen molar-refractivity contribution in [2.24, 2.45) is 5.92 Å². The monoisotopic (exact) mass is 133 g/mol. The normalized spacial score (nSPS) is 25.0. The minimum Gasteiger partial charge on any atom is -0.377 e. The van der Waals surface area contributed by atoms with E-state index in [0.29, 0.717) is 0 Å². The number of rotatable bonds is 1. The molecule has 1 saturated carbocycles. The zero-order valence-electron chi connectivity index (χ0n) is 5.93. The van der Waals surface area contributed by atoms with Crippen LogP contribution in [0.3, 0.4) is 0 Å². The Morgan fingerprint density at radius 3 is 2.90 bits per heavy atom. The third kappa shape index (κ3) is 0.962. The molecule has 2 aliphatic rings. The van der Waals surface area contributed by atoms with Gasteiger partial charge in [0.2, 0.25) is 0 Å². The topological polar surface area (TPSA) is 12.0 Å². The van der Waals surface area contributed by atoms with Crippen LogP contribution in [0.15, 0.2) is 23.9 Å². The van der Waals surface area contributed by atoms with Crippen LogP contribution in [-0.2, 0) is 0 Å². The highest BCUT2D eigenvalue weighted by atomic mass is 14.8. The van der Waals surface area contributed by atoms with E-state index >= 15 is 0 Å². The lowest BCUT2D eigenvalue weighted by Crippen LogP contribution is -2.19. The summed E-state index contributed by atoms with van der Waals surface area (Å²) in [5, 5.41) is 2.99. The van der Waals surface area contributed by atoms with E-state index in [-0.39, 0.29) is 0 Å². The van der Waals surface area contributed by atoms with Gasteiger partial charge in [-0.05, 0) is 36.6 Å². The molecule has 0 aromatic carbocycles. The number of hydrogen-bond acceptors (Lipinski definition) is 1. The van der Waals surface area contributed by atoms with E-state index in [4.69, 9.17) is 0 Å². The van der Waals surface area contributed by atoms with Gasteiger partial charge in [0.1, 0.15) is 6.54 Å². The molecule has 1 nitrogen and oxygen atoms in total. The van der Waals surface area contributed by atoms with Crippen molar-refractivity contribution in [1.29, 1.82) is 0 Å². The molecule has 0 aromatic rings. The van der Waals surface area contributed by atoms with Gasteiger partial charge < -0.3 is 5.32 Å². The van der Waals surface area contributed by atoms with E-state index in [9.17, 15) is 0 Å². The summed E-state index contributed by atoms with van der Waals surface area (Å²) in [4.78, 5) is 0. The van der Waals surface area contributed by atoms with E-state index in [0.717, 1.165) is 5.92 Å². The lowest BCUT2D eigenvalue weighted by Gasteiger charge is -2.28. The molecule has 0 bridgehead atoms. The zero-order chi connectivity index (χ0) is 6.81. The lowest BCUT2D eigenvalue weighted by molar-refractivity contribution is 0.368. The second-order valence-electron chi connectivity index (χ2n) is 2.88. The van der Waals surface area contributed by atoms with Crippen LogP contribution in [0.4, 0.5) is 0 Å². The second-order valence-corrected chi connectivity index (χ2v) is 2.88. The van der Waals surface area contributed by atoms with Gasteiger partial charge in [0, 0.05) is 0 Å². The van der Waals surface area contributed by atoms with Crippen molar-refractivity contribution in [2.45, 2.75) is 19.3 Å². The molecule has 0 spiro atoms. The molecule has 2 radical (unpaired) electrons. The van der Waals surface area contributed by atoms with Crippen molar-refractivity contribution in [2.75, 3.05) is 0 Å². The van der Waals surface area contributed by atoms with Crippen LogP contribution < -0.4 is 5.32 Å². The van der Waals surface area contributed by atoms with Gasteiger partial charge in [-0.1, -0.05) is 12.5 Å². The first kappa shape index (κ1) is 6.02. The summed E-state index contributed by atoms with van der Waals surface area (Å²) in [6.07, 6.45) is 10.2. The van der Waals surface area contributed by atoms with Crippen molar-refractivity contribution < 1.29 is 0 Å². The average Bonchev–Trinajstić information content (AvgIpc) is 1.86. The highest BCUT2D eigenvalue weighted by Crippen LogP contribution is 2.34. The predicted octanol–water partition coefficient (Wildman–Crippen LogP) is 1.87. The highest BCUT2D eigenvalue weighted by molar-refractivity contribution is 5.27. The summed E-state index contributed by atoms with van der Waals surface area (Å²) in [7, 11) is 0. The van der Waals surface area contributed by atoms with Gasteiger partial charge in [-0.3, -0.25) is 0 Å². The highest BCUT2D eigenvalue weighted by Gasteiger charge is 2.21. The molecule has 0 amide bonds. The van der Waals surface area contributed by atoms with Crippen LogP contribution in [0.1, 0.15) is 19.3 Å². The molecule has 0 atom stereocenters. The lowest BCUT2D eigenvalue weighted by atomic mass is 9.79. The molecule has 1 aliphatic heterocycles. The molecule has 1 fully saturated rings. The Kier molecular flexibility index (Phi) is 1.50. The van der Waals surface area contributed by atoms with E-state index in [2.05, 4.69) is 17.9 Å². The molecule has 1 heteroatoms. The van der Waals surface area contributed by atoms with Crippen LogP contribution in [0.5, 0.6) is 0 Å². The average molecular weight is 133 g/mol. The zero-order valence-corrected chi connectivity index (χ0v) is 5.93. The maximum atomic E-state index is 3.15. The van der Waals surface area contributed by atoms with Crippen molar-refractivity contribution in [3.63, 3.8) is 0 Å². The molecular weight excluding hydrogens is 122 g/mol. The molecule has 1 heterocycles. The molecule has 10 heavy (non-hydrogen) atoms. The Morgan fingerprint density at radius 1 is 1.50 bits per heavy atom. The largest absolute Gasteiger partial charge is 0.377 e. The van der Waals surface area contributed by atoms with Crippen LogP contribution >= 0.6 is 0 Å². The van der Waals surface area contributed by atoms with E-state index in [1.165, 1.54) is 24.8 Å². The molecular formula is C9H11N. The fourth-order valence-electron chi connectivity index (χ4n) is 1.32. The van der Waals surface area contributed by atoms with Crippen molar-refractivity contribution in [3.05, 3.63) is 30.5 Å². The van der Waals surface area contributed by atoms with Gasteiger partial charge >= 0.3 is 0 Å². The summed E-state index contributed by atoms with van der Waals surface area (Å²) >= 11 is 0. The fourth-order valence-corrected chi connectivity index (χ4v) is 1.32. The van der Waals surface area contributed by atoms with Gasteiger partial charge in [-0.2, -0.15) is 0 Å². The first-order chi connectivity index (χ1) is 4.97. The number of nitrogens with one attached hydrogen (secondary N) is 1. The molecule has 1 aliphatic carbocycles. The Morgan fingerprint density at radius 2 is 2.40 bits per heavy atom. The van der Waals surface area contributed by atoms with Crippen molar-refractivity contribution in [3.8, 4) is 0 Å². The summed E-state index contributed by atoms with van der Waals surface area (Å²) in [6.45, 7) is 3.15. The summed E-state index contributed by atoms with van der Waals surface area (Å²) in [5.41, 5.74) is 1.36. The second kappa shape index (κ2) is 2.49. The molecule has 1 N–H and O–H groups in total. The van der Waals surface area contributed by atoms with Crippen LogP contribution in [-0.4, -0.2) is 0 Å². The van der Waals surface area contributed by atoms with Crippen molar-refractivity contribution >= 4 is 0 Å². The molecule has 0 unspecified atom stereocenters. The van der Waals surface area contributed by atoms with Crippen LogP contribution in [0.2, 0.25) is 0 Å². The Bertz CT molecular complexity index is 175. The Labute approximate surface area is 61.8 Å². The summed E-state index contributed by atoms with van der Waals surface area (Å²) < 4.78 is 0. The predicted molar refractivity (Wildman–Crippen MR) is 40.9 cm³/mol. The van der Waals surface area contributed by atoms with E-state index < -0.39 is 0 Å². The maximum absolute atomic E-state index is 3.15. The first-order valence-corrected chi connectivity index (χ1v) is 3.85. The van der Waals surface area contributed by atoms with Crippen LogP contribution in [0.25, 0.3) is 0 Å². The van der Waals surface area contributed by atoms with Gasteiger partial charge in [0.25, 0.3) is 0 Å². The molecule has 0 saturated heterocycles. The smallest absolute Gasteiger partial charge is 0.118 e. The molecule has 2 rings (SSSR count). The van der Waals surface area contributed by atoms with Gasteiger partial charge in [-0.25, -0.2) is 0 Å². The SMILES string of the molecule is [C]1NC=CC=C1C1CCC1. The van der Waals surface area contributed by atoms with Crippen molar-refractivity contribution in [1.82, 2.24) is 5.32 Å². The number of hydrogen-bond donors (Lipinski definition) is 1. The Hall–Kier alpha value is -0.720. The minimum atomic E-state index is 0.803. The van der Waals surface area contributed by atoms with Crippen LogP contribution in [0, 0.1) is 12.5 Å². The fraction of sp³-hybridized carbons (Fsp3) is 0.444. The summed E-state index contributed by atoms with van der Waals surface area (Å²) in [5.74, 6) is 0.803. The standard InChI is InChI=1S/C9H11N/c1-3-8(4-1)9-5-2-6-10-7-9/h2,5-6,8,10H,1,3-4H2. The summed E-state index contributed by atoms with van der Waals surface area (Å²) in [6, 6.07) is 0. The Balaban J connectivity index is 2.01. The number of dihydropyridines is 1. The quantitative estimate of drug-likeness (QED) is 0.575. The first-order valence-electron chi connectivity index (χ1n) is 3.85. The van der Waals surface area contributed by atoms with E-state index in [1.807, 2.05) is 12.3 Å². The molecule has 52 valence electrons. The van der Waals surface area contributed by atoms with E-state index in [1.54, 1.807) is 0 Å². The van der Waals surface area contributed by atoms with Gasteiger partial charge in [0.15, 0.2) is 0 Å². The third-order valence-corrected chi connectivity index (χ3v) is 2.22. The minimum absolute atomic E-state index is 0.803. The van der Waals surface area contributed by atoms with Gasteiger partial charge in [-0.15, -0.1) is 0 Å². The maximum Gasteiger partial charge on any atom is 0.118 e. The van der Waals surface area contributed by atoms with Gasteiger partial charge in [0.05, 0.1) is 0 Å². The number of allylic oxidation sites excluding steroid dienone is 2. The molecule has 0 aromatic heterocycles.